The van der Waals surface area contributed by atoms with Gasteiger partial charge in [-0.2, -0.15) is 0 Å². The summed E-state index contributed by atoms with van der Waals surface area (Å²) in [6.45, 7) is 5.26. The Labute approximate surface area is 162 Å². The third kappa shape index (κ3) is 3.00. The normalized spacial score (nSPS) is 21.2. The first-order valence-electron chi connectivity index (χ1n) is 9.37. The second-order valence-corrected chi connectivity index (χ2v) is 7.47. The lowest BCUT2D eigenvalue weighted by Crippen LogP contribution is -2.33. The van der Waals surface area contributed by atoms with Crippen LogP contribution in [0.2, 0.25) is 0 Å². The fourth-order valence-corrected chi connectivity index (χ4v) is 4.14. The number of amides is 1. The maximum absolute atomic E-state index is 12.9. The molecule has 3 aromatic rings. The van der Waals surface area contributed by atoms with Crippen molar-refractivity contribution >= 4 is 11.7 Å². The summed E-state index contributed by atoms with van der Waals surface area (Å²) < 4.78 is 5.35. The van der Waals surface area contributed by atoms with E-state index < -0.39 is 0 Å². The van der Waals surface area contributed by atoms with Crippen LogP contribution in [0.5, 0.6) is 0 Å². The predicted octanol–water partition coefficient (Wildman–Crippen LogP) is 2.04. The zero-order valence-corrected chi connectivity index (χ0v) is 15.5. The Balaban J connectivity index is 1.25. The molecule has 0 bridgehead atoms. The Morgan fingerprint density at radius 2 is 1.96 bits per heavy atom. The Bertz CT molecular complexity index is 991. The van der Waals surface area contributed by atoms with Crippen LogP contribution in [-0.2, 0) is 0 Å². The van der Waals surface area contributed by atoms with Crippen LogP contribution in [0.3, 0.4) is 0 Å². The number of fused-ring (bicyclic) bond motifs is 1. The molecule has 0 spiro atoms. The Kier molecular flexibility index (Phi) is 4.03. The molecule has 0 N–H and O–H groups in total. The molecule has 2 aliphatic rings. The van der Waals surface area contributed by atoms with Crippen LogP contribution in [-0.4, -0.2) is 57.1 Å². The van der Waals surface area contributed by atoms with Crippen molar-refractivity contribution in [1.29, 1.82) is 0 Å². The van der Waals surface area contributed by atoms with Gasteiger partial charge in [0.15, 0.2) is 11.5 Å². The van der Waals surface area contributed by atoms with E-state index in [-0.39, 0.29) is 5.91 Å². The molecule has 8 nitrogen and oxygen atoms in total. The number of aromatic nitrogens is 4. The van der Waals surface area contributed by atoms with Crippen LogP contribution in [0, 0.1) is 18.8 Å². The molecule has 5 rings (SSSR count). The van der Waals surface area contributed by atoms with Crippen molar-refractivity contribution < 1.29 is 9.32 Å². The molecule has 5 heterocycles. The molecule has 28 heavy (non-hydrogen) atoms. The molecule has 0 radical (unpaired) electrons. The summed E-state index contributed by atoms with van der Waals surface area (Å²) in [5, 5.41) is 3.98. The van der Waals surface area contributed by atoms with Gasteiger partial charge in [-0.15, -0.1) is 0 Å². The highest BCUT2D eigenvalue weighted by Gasteiger charge is 2.42. The van der Waals surface area contributed by atoms with Crippen LogP contribution in [0.25, 0.3) is 11.3 Å². The number of anilines is 1. The molecule has 0 saturated carbocycles. The number of likely N-dealkylation sites (tertiary alicyclic amines) is 1. The van der Waals surface area contributed by atoms with Gasteiger partial charge in [-0.1, -0.05) is 5.16 Å². The predicted molar refractivity (Wildman–Crippen MR) is 102 cm³/mol. The van der Waals surface area contributed by atoms with Crippen molar-refractivity contribution in [3.63, 3.8) is 0 Å². The smallest absolute Gasteiger partial charge is 0.276 e. The Hall–Kier alpha value is -3.29. The Morgan fingerprint density at radius 1 is 1.14 bits per heavy atom. The number of hydrogen-bond donors (Lipinski definition) is 0. The summed E-state index contributed by atoms with van der Waals surface area (Å²) in [6, 6.07) is 7.42. The lowest BCUT2D eigenvalue weighted by atomic mass is 10.0. The van der Waals surface area contributed by atoms with Crippen LogP contribution in [0.15, 0.2) is 47.5 Å². The second kappa shape index (κ2) is 6.70. The molecule has 8 heteroatoms. The molecule has 1 amide bonds. The summed E-state index contributed by atoms with van der Waals surface area (Å²) in [5.74, 6) is 2.35. The van der Waals surface area contributed by atoms with Crippen molar-refractivity contribution in [3.05, 3.63) is 54.4 Å². The van der Waals surface area contributed by atoms with Crippen molar-refractivity contribution in [2.24, 2.45) is 11.8 Å². The van der Waals surface area contributed by atoms with E-state index in [4.69, 9.17) is 4.52 Å². The van der Waals surface area contributed by atoms with Crippen molar-refractivity contribution in [2.75, 3.05) is 31.1 Å². The monoisotopic (exact) mass is 376 g/mol. The molecule has 142 valence electrons. The van der Waals surface area contributed by atoms with E-state index >= 15 is 0 Å². The minimum absolute atomic E-state index is 0.0716. The largest absolute Gasteiger partial charge is 0.356 e. The summed E-state index contributed by atoms with van der Waals surface area (Å²) in [5.41, 5.74) is 2.12. The van der Waals surface area contributed by atoms with Crippen LogP contribution < -0.4 is 4.90 Å². The van der Waals surface area contributed by atoms with Gasteiger partial charge in [0.1, 0.15) is 12.1 Å². The van der Waals surface area contributed by atoms with Crippen molar-refractivity contribution in [1.82, 2.24) is 25.0 Å². The van der Waals surface area contributed by atoms with E-state index in [0.717, 1.165) is 43.3 Å². The summed E-state index contributed by atoms with van der Waals surface area (Å²) >= 11 is 0. The van der Waals surface area contributed by atoms with Gasteiger partial charge in [-0.05, 0) is 19.1 Å². The molecule has 2 saturated heterocycles. The zero-order valence-electron chi connectivity index (χ0n) is 15.5. The van der Waals surface area contributed by atoms with E-state index in [1.165, 1.54) is 0 Å². The summed E-state index contributed by atoms with van der Waals surface area (Å²) in [7, 11) is 0. The first-order valence-corrected chi connectivity index (χ1v) is 9.37. The molecule has 2 fully saturated rings. The van der Waals surface area contributed by atoms with Gasteiger partial charge in [0.25, 0.3) is 5.91 Å². The van der Waals surface area contributed by atoms with E-state index in [0.29, 0.717) is 23.3 Å². The van der Waals surface area contributed by atoms with Gasteiger partial charge in [0, 0.05) is 73.8 Å². The number of nitrogens with zero attached hydrogens (tertiary/aromatic N) is 6. The maximum atomic E-state index is 12.9. The van der Waals surface area contributed by atoms with E-state index in [9.17, 15) is 4.79 Å². The van der Waals surface area contributed by atoms with Crippen molar-refractivity contribution in [2.45, 2.75) is 6.92 Å². The highest BCUT2D eigenvalue weighted by atomic mass is 16.5. The lowest BCUT2D eigenvalue weighted by molar-refractivity contribution is 0.0772. The SMILES string of the molecule is Cc1cc(N2CC3CN(C(=O)c4cc(-c5cccnc5)on4)CC3C2)ncn1. The first-order chi connectivity index (χ1) is 13.7. The average Bonchev–Trinajstić information content (AvgIpc) is 3.43. The molecular formula is C20H20N6O2. The van der Waals surface area contributed by atoms with Gasteiger partial charge in [-0.25, -0.2) is 9.97 Å². The van der Waals surface area contributed by atoms with Crippen molar-refractivity contribution in [3.8, 4) is 11.3 Å². The molecule has 0 aromatic carbocycles. The van der Waals surface area contributed by atoms with Gasteiger partial charge < -0.3 is 14.3 Å². The molecule has 2 aliphatic heterocycles. The molecule has 2 atom stereocenters. The van der Waals surface area contributed by atoms with E-state index in [2.05, 4.69) is 25.0 Å². The number of pyridine rings is 1. The number of carbonyl (C=O) groups is 1. The highest BCUT2D eigenvalue weighted by molar-refractivity contribution is 5.93. The van der Waals surface area contributed by atoms with Crippen LogP contribution in [0.1, 0.15) is 16.2 Å². The zero-order chi connectivity index (χ0) is 19.1. The minimum Gasteiger partial charge on any atom is -0.356 e. The molecular weight excluding hydrogens is 356 g/mol. The minimum atomic E-state index is -0.0716. The first kappa shape index (κ1) is 16.9. The number of carbonyl (C=O) groups excluding carboxylic acids is 1. The number of aryl methyl sites for hydroxylation is 1. The lowest BCUT2D eigenvalue weighted by Gasteiger charge is -2.22. The molecule has 2 unspecified atom stereocenters. The Morgan fingerprint density at radius 3 is 2.68 bits per heavy atom. The highest BCUT2D eigenvalue weighted by Crippen LogP contribution is 2.34. The number of rotatable bonds is 3. The number of hydrogen-bond acceptors (Lipinski definition) is 7. The topological polar surface area (TPSA) is 88.2 Å². The van der Waals surface area contributed by atoms with Gasteiger partial charge >= 0.3 is 0 Å². The molecule has 0 aliphatic carbocycles. The fourth-order valence-electron chi connectivity index (χ4n) is 4.14. The fraction of sp³-hybridized carbons (Fsp3) is 0.350. The van der Waals surface area contributed by atoms with E-state index in [1.807, 2.05) is 30.0 Å². The third-order valence-electron chi connectivity index (χ3n) is 5.56. The third-order valence-corrected chi connectivity index (χ3v) is 5.56. The van der Waals surface area contributed by atoms with Gasteiger partial charge in [0.2, 0.25) is 0 Å². The second-order valence-electron chi connectivity index (χ2n) is 7.47. The summed E-state index contributed by atoms with van der Waals surface area (Å²) in [4.78, 5) is 29.7. The molecule has 3 aromatic heterocycles. The van der Waals surface area contributed by atoms with Gasteiger partial charge in [0.05, 0.1) is 0 Å². The maximum Gasteiger partial charge on any atom is 0.276 e. The van der Waals surface area contributed by atoms with Crippen LogP contribution in [0.4, 0.5) is 5.82 Å². The van der Waals surface area contributed by atoms with E-state index in [1.54, 1.807) is 24.8 Å². The quantitative estimate of drug-likeness (QED) is 0.691. The van der Waals surface area contributed by atoms with Crippen LogP contribution >= 0.6 is 0 Å². The summed E-state index contributed by atoms with van der Waals surface area (Å²) in [6.07, 6.45) is 5.00. The standard InChI is InChI=1S/C20H20N6O2/c1-13-5-19(23-12-22-13)25-8-15-10-26(11-16(15)9-25)20(27)17-6-18(28-24-17)14-3-2-4-21-7-14/h2-7,12,15-16H,8-11H2,1H3. The van der Waals surface area contributed by atoms with Gasteiger partial charge in [-0.3, -0.25) is 9.78 Å². The average molecular weight is 376 g/mol.